The number of halogens is 3. The molecule has 0 unspecified atom stereocenters. The van der Waals surface area contributed by atoms with E-state index in [2.05, 4.69) is 9.97 Å². The van der Waals surface area contributed by atoms with Gasteiger partial charge in [-0.25, -0.2) is 0 Å². The van der Waals surface area contributed by atoms with Crippen molar-refractivity contribution < 1.29 is 9.59 Å². The molecule has 4 aromatic carbocycles. The van der Waals surface area contributed by atoms with Gasteiger partial charge >= 0.3 is 0 Å². The summed E-state index contributed by atoms with van der Waals surface area (Å²) in [6.07, 6.45) is 3.64. The fourth-order valence-corrected chi connectivity index (χ4v) is 4.10. The van der Waals surface area contributed by atoms with E-state index in [1.165, 1.54) is 0 Å². The van der Waals surface area contributed by atoms with E-state index in [1.54, 1.807) is 36.5 Å². The number of carbonyl (C=O) groups is 2. The second kappa shape index (κ2) is 12.4. The lowest BCUT2D eigenvalue weighted by atomic mass is 10.0. The van der Waals surface area contributed by atoms with Crippen molar-refractivity contribution in [2.75, 3.05) is 0 Å². The number of hydrogen-bond donors (Lipinski definition) is 2. The van der Waals surface area contributed by atoms with Gasteiger partial charge in [0.25, 0.3) is 5.24 Å². The van der Waals surface area contributed by atoms with Gasteiger partial charge in [0.1, 0.15) is 0 Å². The number of benzene rings is 4. The molecule has 2 aromatic heterocycles. The number of hydrogen-bond acceptors (Lipinski definition) is 2. The monoisotopic (exact) mass is 546 g/mol. The number of rotatable bonds is 3. The standard InChI is InChI=1S/C15H10ClNO.C8H6ClN.C7H5ClO/c16-11-6-7-14-12(8-11)13(9-17-14)15(18)10-4-2-1-3-5-10;9-7-1-2-8-6(5-7)3-4-10-8;8-7(9)6-4-2-1-3-5-6/h1-9,17H;1-5,10H;1-5H. The van der Waals surface area contributed by atoms with Crippen molar-refractivity contribution in [2.24, 2.45) is 0 Å². The van der Waals surface area contributed by atoms with Crippen LogP contribution in [0.4, 0.5) is 0 Å². The first-order valence-corrected chi connectivity index (χ1v) is 12.4. The highest BCUT2D eigenvalue weighted by Crippen LogP contribution is 2.24. The van der Waals surface area contributed by atoms with Crippen LogP contribution in [0.2, 0.25) is 10.0 Å². The lowest BCUT2D eigenvalue weighted by molar-refractivity contribution is 0.103. The zero-order valence-corrected chi connectivity index (χ0v) is 21.7. The first-order valence-electron chi connectivity index (χ1n) is 11.3. The molecule has 0 aliphatic heterocycles. The summed E-state index contributed by atoms with van der Waals surface area (Å²) >= 11 is 16.9. The Kier molecular flexibility index (Phi) is 8.81. The third kappa shape index (κ3) is 6.89. The summed E-state index contributed by atoms with van der Waals surface area (Å²) in [5, 5.41) is 3.02. The molecule has 0 saturated heterocycles. The van der Waals surface area contributed by atoms with Gasteiger partial charge in [0.05, 0.1) is 0 Å². The Bertz CT molecular complexity index is 1640. The molecule has 0 radical (unpaired) electrons. The Morgan fingerprint density at radius 2 is 1.22 bits per heavy atom. The molecule has 7 heteroatoms. The van der Waals surface area contributed by atoms with Crippen molar-refractivity contribution in [1.29, 1.82) is 0 Å². The molecule has 6 rings (SSSR count). The Labute approximate surface area is 228 Å². The first kappa shape index (κ1) is 26.2. The maximum atomic E-state index is 12.4. The average Bonchev–Trinajstić information content (AvgIpc) is 3.56. The van der Waals surface area contributed by atoms with Crippen LogP contribution in [0.1, 0.15) is 26.3 Å². The summed E-state index contributed by atoms with van der Waals surface area (Å²) in [7, 11) is 0. The molecule has 0 amide bonds. The van der Waals surface area contributed by atoms with E-state index in [4.69, 9.17) is 34.8 Å². The lowest BCUT2D eigenvalue weighted by Gasteiger charge is -1.99. The van der Waals surface area contributed by atoms with Crippen molar-refractivity contribution in [3.63, 3.8) is 0 Å². The van der Waals surface area contributed by atoms with E-state index >= 15 is 0 Å². The number of carbonyl (C=O) groups excluding carboxylic acids is 2. The summed E-state index contributed by atoms with van der Waals surface area (Å²) in [4.78, 5) is 29.0. The van der Waals surface area contributed by atoms with Crippen LogP contribution in [0.3, 0.4) is 0 Å². The normalized spacial score (nSPS) is 10.2. The van der Waals surface area contributed by atoms with Gasteiger partial charge in [-0.1, -0.05) is 83.9 Å². The minimum atomic E-state index is -0.407. The van der Waals surface area contributed by atoms with Crippen LogP contribution in [0.25, 0.3) is 21.8 Å². The third-order valence-corrected chi connectivity index (χ3v) is 6.13. The number of nitrogens with one attached hydrogen (secondary N) is 2. The number of aromatic nitrogens is 2. The maximum absolute atomic E-state index is 12.4. The van der Waals surface area contributed by atoms with Crippen molar-refractivity contribution in [3.05, 3.63) is 142 Å². The summed E-state index contributed by atoms with van der Waals surface area (Å²) in [6.45, 7) is 0. The van der Waals surface area contributed by atoms with Gasteiger partial charge in [-0.15, -0.1) is 0 Å². The van der Waals surface area contributed by atoms with Gasteiger partial charge in [-0.3, -0.25) is 9.59 Å². The van der Waals surface area contributed by atoms with Crippen LogP contribution in [0.15, 0.2) is 116 Å². The van der Waals surface area contributed by atoms with Gasteiger partial charge in [0.15, 0.2) is 5.78 Å². The number of aromatic amines is 2. The van der Waals surface area contributed by atoms with E-state index < -0.39 is 5.24 Å². The van der Waals surface area contributed by atoms with E-state index in [0.29, 0.717) is 21.7 Å². The highest BCUT2D eigenvalue weighted by Gasteiger charge is 2.13. The Morgan fingerprint density at radius 3 is 1.84 bits per heavy atom. The van der Waals surface area contributed by atoms with Crippen LogP contribution in [0, 0.1) is 0 Å². The summed E-state index contributed by atoms with van der Waals surface area (Å²) in [6, 6.07) is 31.2. The molecule has 0 atom stereocenters. The van der Waals surface area contributed by atoms with Crippen LogP contribution < -0.4 is 0 Å². The lowest BCUT2D eigenvalue weighted by Crippen LogP contribution is -1.99. The fourth-order valence-electron chi connectivity index (χ4n) is 3.62. The van der Waals surface area contributed by atoms with Crippen molar-refractivity contribution >= 4 is 67.6 Å². The molecule has 0 bridgehead atoms. The molecule has 0 saturated carbocycles. The SMILES string of the molecule is Clc1ccc2[nH]ccc2c1.O=C(Cl)c1ccccc1.O=C(c1ccccc1)c1c[nH]c2ccc(Cl)cc12. The Morgan fingerprint density at radius 1 is 0.622 bits per heavy atom. The van der Waals surface area contributed by atoms with Gasteiger partial charge in [-0.05, 0) is 54.1 Å². The highest BCUT2D eigenvalue weighted by atomic mass is 35.5. The smallest absolute Gasteiger partial charge is 0.252 e. The molecule has 0 aliphatic rings. The molecule has 37 heavy (non-hydrogen) atoms. The molecule has 0 fully saturated rings. The molecule has 6 aromatic rings. The summed E-state index contributed by atoms with van der Waals surface area (Å²) < 4.78 is 0. The predicted molar refractivity (Wildman–Crippen MR) is 153 cm³/mol. The molecule has 2 N–H and O–H groups in total. The Balaban J connectivity index is 0.000000143. The van der Waals surface area contributed by atoms with Crippen LogP contribution in [-0.4, -0.2) is 21.0 Å². The summed E-state index contributed by atoms with van der Waals surface area (Å²) in [5.41, 5.74) is 3.92. The highest BCUT2D eigenvalue weighted by molar-refractivity contribution is 6.67. The zero-order chi connectivity index (χ0) is 26.2. The van der Waals surface area contributed by atoms with Crippen LogP contribution in [-0.2, 0) is 0 Å². The van der Waals surface area contributed by atoms with Gasteiger partial charge in [-0.2, -0.15) is 0 Å². The minimum Gasteiger partial charge on any atom is -0.361 e. The van der Waals surface area contributed by atoms with E-state index in [-0.39, 0.29) is 5.78 Å². The third-order valence-electron chi connectivity index (χ3n) is 5.44. The van der Waals surface area contributed by atoms with Gasteiger partial charge in [0.2, 0.25) is 0 Å². The van der Waals surface area contributed by atoms with Gasteiger partial charge in [0, 0.05) is 60.9 Å². The molecule has 0 spiro atoms. The number of ketones is 1. The summed E-state index contributed by atoms with van der Waals surface area (Å²) in [5.74, 6) is 0.00381. The molecular formula is C30H21Cl3N2O2. The van der Waals surface area contributed by atoms with Crippen LogP contribution in [0.5, 0.6) is 0 Å². The second-order valence-electron chi connectivity index (χ2n) is 7.94. The zero-order valence-electron chi connectivity index (χ0n) is 19.4. The van der Waals surface area contributed by atoms with Crippen LogP contribution >= 0.6 is 34.8 Å². The second-order valence-corrected chi connectivity index (χ2v) is 9.15. The molecule has 2 heterocycles. The first-order chi connectivity index (χ1) is 17.9. The Hall–Kier alpha value is -3.83. The largest absolute Gasteiger partial charge is 0.361 e. The molecular weight excluding hydrogens is 527 g/mol. The average molecular weight is 548 g/mol. The topological polar surface area (TPSA) is 65.7 Å². The van der Waals surface area contributed by atoms with E-state index in [1.807, 2.05) is 79.0 Å². The number of fused-ring (bicyclic) bond motifs is 2. The molecule has 184 valence electrons. The predicted octanol–water partition coefficient (Wildman–Crippen LogP) is 8.94. The number of H-pyrrole nitrogens is 2. The van der Waals surface area contributed by atoms with Crippen molar-refractivity contribution in [1.82, 2.24) is 9.97 Å². The van der Waals surface area contributed by atoms with Gasteiger partial charge < -0.3 is 9.97 Å². The fraction of sp³-hybridized carbons (Fsp3) is 0. The van der Waals surface area contributed by atoms with Crippen molar-refractivity contribution in [2.45, 2.75) is 0 Å². The minimum absolute atomic E-state index is 0.00381. The quantitative estimate of drug-likeness (QED) is 0.171. The molecule has 4 nitrogen and oxygen atoms in total. The van der Waals surface area contributed by atoms with E-state index in [9.17, 15) is 9.59 Å². The van der Waals surface area contributed by atoms with Crippen molar-refractivity contribution in [3.8, 4) is 0 Å². The maximum Gasteiger partial charge on any atom is 0.252 e. The van der Waals surface area contributed by atoms with E-state index in [0.717, 1.165) is 26.8 Å². The molecule has 0 aliphatic carbocycles.